The van der Waals surface area contributed by atoms with Crippen LogP contribution in [0.5, 0.6) is 11.5 Å². The van der Waals surface area contributed by atoms with Gasteiger partial charge in [-0.05, 0) is 61.4 Å². The van der Waals surface area contributed by atoms with Crippen molar-refractivity contribution < 1.29 is 37.7 Å². The van der Waals surface area contributed by atoms with Crippen molar-refractivity contribution in [1.82, 2.24) is 10.6 Å². The fraction of sp³-hybridized carbons (Fsp3) is 0.344. The van der Waals surface area contributed by atoms with Crippen LogP contribution in [0.3, 0.4) is 0 Å². The average molecular weight is 611 g/mol. The summed E-state index contributed by atoms with van der Waals surface area (Å²) in [6, 6.07) is 16.1. The molecule has 0 unspecified atom stereocenters. The average Bonchev–Trinajstić information content (AvgIpc) is 3.02. The second-order valence-corrected chi connectivity index (χ2v) is 10.5. The van der Waals surface area contributed by atoms with Crippen LogP contribution in [0.4, 0.5) is 20.2 Å². The number of nitrogens with one attached hydrogen (secondary N) is 4. The number of amides is 2. The Morgan fingerprint density at radius 2 is 1.95 bits per heavy atom. The van der Waals surface area contributed by atoms with Crippen LogP contribution in [0.25, 0.3) is 0 Å². The van der Waals surface area contributed by atoms with E-state index in [1.54, 1.807) is 67.6 Å². The van der Waals surface area contributed by atoms with Gasteiger partial charge < -0.3 is 40.7 Å². The van der Waals surface area contributed by atoms with E-state index in [0.717, 1.165) is 11.8 Å². The first-order valence-corrected chi connectivity index (χ1v) is 14.1. The number of carbonyl (C=O) groups excluding carboxylic acids is 2. The Kier molecular flexibility index (Phi) is 10.5. The summed E-state index contributed by atoms with van der Waals surface area (Å²) in [5.41, 5.74) is 3.39. The van der Waals surface area contributed by atoms with Crippen LogP contribution in [0.2, 0.25) is 0 Å². The summed E-state index contributed by atoms with van der Waals surface area (Å²) in [7, 11) is 0. The lowest BCUT2D eigenvalue weighted by molar-refractivity contribution is -0.144. The van der Waals surface area contributed by atoms with Crippen molar-refractivity contribution in [3.63, 3.8) is 0 Å². The van der Waals surface area contributed by atoms with Gasteiger partial charge in [-0.2, -0.15) is 8.78 Å². The summed E-state index contributed by atoms with van der Waals surface area (Å²) in [6.07, 6.45) is 0.131. The SMILES string of the molecule is CC[C@@H](O)CNC(=O)c1cccc(Nc2ccc(O[C@H](c3ccc4c(c3)OCOC4)[C@H](C)NC(=O)C(C)(F)F)cc2C=N)c1. The number of fused-ring (bicyclic) bond motifs is 1. The molecule has 0 saturated heterocycles. The van der Waals surface area contributed by atoms with Crippen molar-refractivity contribution in [2.24, 2.45) is 0 Å². The maximum Gasteiger partial charge on any atom is 0.321 e. The molecule has 0 saturated carbocycles. The maximum atomic E-state index is 13.7. The molecule has 1 aliphatic rings. The minimum Gasteiger partial charge on any atom is -0.484 e. The molecule has 234 valence electrons. The molecule has 2 amide bonds. The second kappa shape index (κ2) is 14.3. The normalized spacial score (nSPS) is 14.7. The molecule has 0 bridgehead atoms. The third-order valence-electron chi connectivity index (χ3n) is 7.00. The van der Waals surface area contributed by atoms with Gasteiger partial charge in [-0.15, -0.1) is 0 Å². The number of hydrogen-bond acceptors (Lipinski definition) is 8. The molecule has 1 aliphatic heterocycles. The maximum absolute atomic E-state index is 13.7. The molecule has 1 heterocycles. The molecule has 0 aliphatic carbocycles. The van der Waals surface area contributed by atoms with Crippen molar-refractivity contribution in [3.8, 4) is 11.5 Å². The molecule has 4 rings (SSSR count). The monoisotopic (exact) mass is 610 g/mol. The number of carbonyl (C=O) groups is 2. The Labute approximate surface area is 254 Å². The van der Waals surface area contributed by atoms with E-state index in [4.69, 9.17) is 19.6 Å². The second-order valence-electron chi connectivity index (χ2n) is 10.5. The van der Waals surface area contributed by atoms with E-state index in [1.807, 2.05) is 6.92 Å². The Morgan fingerprint density at radius 3 is 2.68 bits per heavy atom. The molecule has 5 N–H and O–H groups in total. The lowest BCUT2D eigenvalue weighted by atomic mass is 10.00. The van der Waals surface area contributed by atoms with Gasteiger partial charge in [0.2, 0.25) is 0 Å². The number of anilines is 2. The largest absolute Gasteiger partial charge is 0.484 e. The number of halogens is 2. The molecular weight excluding hydrogens is 574 g/mol. The van der Waals surface area contributed by atoms with Gasteiger partial charge in [0, 0.05) is 47.7 Å². The molecule has 0 aromatic heterocycles. The zero-order valence-corrected chi connectivity index (χ0v) is 24.7. The third kappa shape index (κ3) is 8.29. The highest BCUT2D eigenvalue weighted by atomic mass is 19.3. The molecule has 3 aromatic rings. The van der Waals surface area contributed by atoms with Crippen LogP contribution >= 0.6 is 0 Å². The summed E-state index contributed by atoms with van der Waals surface area (Å²) in [5.74, 6) is -4.44. The molecule has 3 aromatic carbocycles. The van der Waals surface area contributed by atoms with Crippen molar-refractivity contribution in [2.45, 2.75) is 58.0 Å². The molecule has 0 fully saturated rings. The number of hydrogen-bond donors (Lipinski definition) is 5. The number of alkyl halides is 2. The fourth-order valence-corrected chi connectivity index (χ4v) is 4.47. The molecular formula is C32H36F2N4O6. The first kappa shape index (κ1) is 32.4. The fourth-order valence-electron chi connectivity index (χ4n) is 4.47. The Bertz CT molecular complexity index is 1500. The van der Waals surface area contributed by atoms with Gasteiger partial charge >= 0.3 is 5.92 Å². The van der Waals surface area contributed by atoms with E-state index in [-0.39, 0.29) is 19.2 Å². The zero-order valence-electron chi connectivity index (χ0n) is 24.7. The van der Waals surface area contributed by atoms with Crippen molar-refractivity contribution in [3.05, 3.63) is 82.9 Å². The van der Waals surface area contributed by atoms with Crippen molar-refractivity contribution in [1.29, 1.82) is 5.41 Å². The van der Waals surface area contributed by atoms with Crippen molar-refractivity contribution >= 4 is 29.4 Å². The van der Waals surface area contributed by atoms with Gasteiger partial charge in [-0.1, -0.05) is 25.1 Å². The van der Waals surface area contributed by atoms with Gasteiger partial charge in [0.25, 0.3) is 11.8 Å². The number of ether oxygens (including phenoxy) is 3. The zero-order chi connectivity index (χ0) is 31.9. The Hall–Kier alpha value is -4.55. The van der Waals surface area contributed by atoms with Gasteiger partial charge in [-0.3, -0.25) is 9.59 Å². The highest BCUT2D eigenvalue weighted by Gasteiger charge is 2.35. The van der Waals surface area contributed by atoms with Gasteiger partial charge in [-0.25, -0.2) is 0 Å². The van der Waals surface area contributed by atoms with E-state index < -0.39 is 30.1 Å². The van der Waals surface area contributed by atoms with Gasteiger partial charge in [0.1, 0.15) is 17.6 Å². The Morgan fingerprint density at radius 1 is 1.16 bits per heavy atom. The van der Waals surface area contributed by atoms with Crippen LogP contribution in [0.1, 0.15) is 60.3 Å². The van der Waals surface area contributed by atoms with E-state index >= 15 is 0 Å². The molecule has 12 heteroatoms. The quantitative estimate of drug-likeness (QED) is 0.170. The van der Waals surface area contributed by atoms with Crippen LogP contribution in [-0.2, 0) is 16.1 Å². The highest BCUT2D eigenvalue weighted by molar-refractivity contribution is 5.95. The minimum atomic E-state index is -3.58. The number of benzene rings is 3. The van der Waals surface area contributed by atoms with E-state index in [2.05, 4.69) is 16.0 Å². The lowest BCUT2D eigenvalue weighted by Gasteiger charge is -2.29. The van der Waals surface area contributed by atoms with Crippen molar-refractivity contribution in [2.75, 3.05) is 18.7 Å². The number of aliphatic hydroxyl groups excluding tert-OH is 1. The number of rotatable bonds is 13. The smallest absolute Gasteiger partial charge is 0.321 e. The Balaban J connectivity index is 1.56. The lowest BCUT2D eigenvalue weighted by Crippen LogP contribution is -2.46. The summed E-state index contributed by atoms with van der Waals surface area (Å²) >= 11 is 0. The highest BCUT2D eigenvalue weighted by Crippen LogP contribution is 2.33. The predicted molar refractivity (Wildman–Crippen MR) is 161 cm³/mol. The van der Waals surface area contributed by atoms with Gasteiger partial charge in [0.15, 0.2) is 6.79 Å². The summed E-state index contributed by atoms with van der Waals surface area (Å²) < 4.78 is 44.6. The van der Waals surface area contributed by atoms with Crippen LogP contribution in [0, 0.1) is 5.41 Å². The van der Waals surface area contributed by atoms with E-state index in [9.17, 15) is 23.5 Å². The molecule has 10 nitrogen and oxygen atoms in total. The van der Waals surface area contributed by atoms with E-state index in [1.165, 1.54) is 0 Å². The summed E-state index contributed by atoms with van der Waals surface area (Å²) in [5, 5.41) is 26.0. The number of aliphatic hydroxyl groups is 1. The predicted octanol–water partition coefficient (Wildman–Crippen LogP) is 5.08. The first-order valence-electron chi connectivity index (χ1n) is 14.1. The summed E-state index contributed by atoms with van der Waals surface area (Å²) in [6.45, 7) is 4.49. The molecule has 3 atom stereocenters. The topological polar surface area (TPSA) is 142 Å². The minimum absolute atomic E-state index is 0.0725. The first-order chi connectivity index (χ1) is 21.0. The molecule has 44 heavy (non-hydrogen) atoms. The van der Waals surface area contributed by atoms with E-state index in [0.29, 0.717) is 59.5 Å². The third-order valence-corrected chi connectivity index (χ3v) is 7.00. The molecule has 0 radical (unpaired) electrons. The van der Waals surface area contributed by atoms with Gasteiger partial charge in [0.05, 0.1) is 18.8 Å². The van der Waals surface area contributed by atoms with Crippen LogP contribution in [0.15, 0.2) is 60.7 Å². The standard InChI is InChI=1S/C32H36F2N4O6/c1-4-25(39)16-36-30(40)21-6-5-7-24(12-21)38-27-11-10-26(13-23(27)15-35)44-29(19(2)37-31(41)32(3,33)34)20-8-9-22-17-42-18-43-28(22)14-20/h5-15,19,25,29,35,38-39H,4,16-18H2,1-3H3,(H,36,40)(H,37,41)/t19-,25+,29-/m0/s1. The van der Waals surface area contributed by atoms with Crippen LogP contribution in [-0.4, -0.2) is 54.5 Å². The summed E-state index contributed by atoms with van der Waals surface area (Å²) in [4.78, 5) is 24.7. The van der Waals surface area contributed by atoms with Crippen LogP contribution < -0.4 is 25.4 Å². The molecule has 0 spiro atoms.